The van der Waals surface area contributed by atoms with E-state index in [0.717, 1.165) is 13.1 Å². The Morgan fingerprint density at radius 1 is 1.18 bits per heavy atom. The molecule has 1 saturated heterocycles. The number of anilines is 2. The predicted octanol–water partition coefficient (Wildman–Crippen LogP) is 2.73. The van der Waals surface area contributed by atoms with Crippen LogP contribution in [0.15, 0.2) is 36.4 Å². The van der Waals surface area contributed by atoms with E-state index in [1.165, 1.54) is 31.0 Å². The third kappa shape index (κ3) is 4.91. The molecule has 0 aliphatic carbocycles. The van der Waals surface area contributed by atoms with Crippen molar-refractivity contribution in [3.8, 4) is 0 Å². The number of esters is 1. The van der Waals surface area contributed by atoms with E-state index in [1.807, 2.05) is 24.3 Å². The standard InChI is InChI=1S/C17H22N2O3/c1-2-6-17(21)22-13-16(20)18-14-7-9-15(10-8-14)19-11-4-3-5-12-19/h2,6-10H,3-5,11-13H2,1H3,(H,18,20)/b6-2+. The van der Waals surface area contributed by atoms with Gasteiger partial charge in [-0.05, 0) is 50.5 Å². The number of hydrogen-bond donors (Lipinski definition) is 1. The lowest BCUT2D eigenvalue weighted by atomic mass is 10.1. The molecule has 0 unspecified atom stereocenters. The van der Waals surface area contributed by atoms with E-state index in [4.69, 9.17) is 4.74 Å². The van der Waals surface area contributed by atoms with E-state index in [9.17, 15) is 9.59 Å². The Morgan fingerprint density at radius 3 is 2.50 bits per heavy atom. The fourth-order valence-electron chi connectivity index (χ4n) is 2.43. The third-order valence-corrected chi connectivity index (χ3v) is 3.52. The summed E-state index contributed by atoms with van der Waals surface area (Å²) < 4.78 is 4.79. The SMILES string of the molecule is C/C=C/C(=O)OCC(=O)Nc1ccc(N2CCCCC2)cc1. The molecule has 1 heterocycles. The van der Waals surface area contributed by atoms with Crippen LogP contribution in [0.1, 0.15) is 26.2 Å². The molecule has 5 nitrogen and oxygen atoms in total. The van der Waals surface area contributed by atoms with Crippen LogP contribution in [0.25, 0.3) is 0 Å². The molecule has 0 radical (unpaired) electrons. The molecule has 0 bridgehead atoms. The summed E-state index contributed by atoms with van der Waals surface area (Å²) >= 11 is 0. The summed E-state index contributed by atoms with van der Waals surface area (Å²) in [5.74, 6) is -0.860. The second kappa shape index (κ2) is 8.22. The van der Waals surface area contributed by atoms with Gasteiger partial charge in [0, 0.05) is 30.5 Å². The molecule has 22 heavy (non-hydrogen) atoms. The normalized spacial score (nSPS) is 14.9. The molecule has 1 aliphatic heterocycles. The average molecular weight is 302 g/mol. The van der Waals surface area contributed by atoms with Crippen LogP contribution < -0.4 is 10.2 Å². The van der Waals surface area contributed by atoms with Gasteiger partial charge in [-0.1, -0.05) is 6.08 Å². The quantitative estimate of drug-likeness (QED) is 0.671. The Balaban J connectivity index is 1.82. The summed E-state index contributed by atoms with van der Waals surface area (Å²) in [6, 6.07) is 7.75. The van der Waals surface area contributed by atoms with Gasteiger partial charge in [-0.15, -0.1) is 0 Å². The highest BCUT2D eigenvalue weighted by Crippen LogP contribution is 2.21. The maximum absolute atomic E-state index is 11.7. The minimum absolute atomic E-state index is 0.281. The van der Waals surface area contributed by atoms with Crippen LogP contribution in [-0.2, 0) is 14.3 Å². The van der Waals surface area contributed by atoms with Crippen LogP contribution >= 0.6 is 0 Å². The summed E-state index contributed by atoms with van der Waals surface area (Å²) in [7, 11) is 0. The van der Waals surface area contributed by atoms with Crippen LogP contribution in [0.5, 0.6) is 0 Å². The summed E-state index contributed by atoms with van der Waals surface area (Å²) in [4.78, 5) is 25.2. The molecule has 118 valence electrons. The van der Waals surface area contributed by atoms with Crippen molar-refractivity contribution in [2.24, 2.45) is 0 Å². The number of piperidine rings is 1. The first-order valence-corrected chi connectivity index (χ1v) is 7.63. The van der Waals surface area contributed by atoms with Gasteiger partial charge in [-0.25, -0.2) is 4.79 Å². The molecule has 1 amide bonds. The maximum atomic E-state index is 11.7. The monoisotopic (exact) mass is 302 g/mol. The van der Waals surface area contributed by atoms with E-state index in [-0.39, 0.29) is 12.5 Å². The molecule has 1 aromatic carbocycles. The number of allylic oxidation sites excluding steroid dienone is 1. The molecule has 1 aliphatic rings. The Labute approximate surface area is 130 Å². The zero-order valence-corrected chi connectivity index (χ0v) is 12.9. The van der Waals surface area contributed by atoms with Crippen molar-refractivity contribution in [3.63, 3.8) is 0 Å². The number of amides is 1. The van der Waals surface area contributed by atoms with E-state index in [0.29, 0.717) is 5.69 Å². The first-order valence-electron chi connectivity index (χ1n) is 7.63. The van der Waals surface area contributed by atoms with Crippen molar-refractivity contribution >= 4 is 23.3 Å². The number of benzene rings is 1. The highest BCUT2D eigenvalue weighted by molar-refractivity contribution is 5.93. The number of carbonyl (C=O) groups excluding carboxylic acids is 2. The molecule has 1 fully saturated rings. The number of ether oxygens (including phenoxy) is 1. The lowest BCUT2D eigenvalue weighted by Crippen LogP contribution is -2.29. The van der Waals surface area contributed by atoms with Crippen molar-refractivity contribution < 1.29 is 14.3 Å². The van der Waals surface area contributed by atoms with Gasteiger partial charge in [0.15, 0.2) is 6.61 Å². The lowest BCUT2D eigenvalue weighted by molar-refractivity contribution is -0.142. The molecule has 1 aromatic rings. The Kier molecular flexibility index (Phi) is 6.01. The highest BCUT2D eigenvalue weighted by atomic mass is 16.5. The summed E-state index contributed by atoms with van der Waals surface area (Å²) in [6.07, 6.45) is 6.61. The van der Waals surface area contributed by atoms with Gasteiger partial charge >= 0.3 is 5.97 Å². The van der Waals surface area contributed by atoms with Crippen LogP contribution in [0, 0.1) is 0 Å². The third-order valence-electron chi connectivity index (χ3n) is 3.52. The van der Waals surface area contributed by atoms with Crippen molar-refractivity contribution in [1.29, 1.82) is 0 Å². The van der Waals surface area contributed by atoms with Gasteiger partial charge < -0.3 is 15.0 Å². The first kappa shape index (κ1) is 16.1. The summed E-state index contributed by atoms with van der Waals surface area (Å²) in [5, 5.41) is 2.71. The second-order valence-corrected chi connectivity index (χ2v) is 5.25. The van der Waals surface area contributed by atoms with Crippen LogP contribution in [0.3, 0.4) is 0 Å². The van der Waals surface area contributed by atoms with E-state index >= 15 is 0 Å². The van der Waals surface area contributed by atoms with Gasteiger partial charge in [-0.3, -0.25) is 4.79 Å². The molecule has 0 aromatic heterocycles. The minimum atomic E-state index is -0.516. The molecule has 0 spiro atoms. The van der Waals surface area contributed by atoms with Crippen molar-refractivity contribution in [3.05, 3.63) is 36.4 Å². The number of rotatable bonds is 5. The molecule has 5 heteroatoms. The Hall–Kier alpha value is -2.30. The predicted molar refractivity (Wildman–Crippen MR) is 86.9 cm³/mol. The summed E-state index contributed by atoms with van der Waals surface area (Å²) in [6.45, 7) is 3.61. The number of carbonyl (C=O) groups is 2. The van der Waals surface area contributed by atoms with Crippen molar-refractivity contribution in [2.75, 3.05) is 29.9 Å². The molecule has 2 rings (SSSR count). The van der Waals surface area contributed by atoms with Crippen molar-refractivity contribution in [2.45, 2.75) is 26.2 Å². The van der Waals surface area contributed by atoms with E-state index in [1.54, 1.807) is 13.0 Å². The zero-order valence-electron chi connectivity index (χ0n) is 12.9. The smallest absolute Gasteiger partial charge is 0.330 e. The number of nitrogens with zero attached hydrogens (tertiary/aromatic N) is 1. The first-order chi connectivity index (χ1) is 10.7. The molecule has 0 saturated carbocycles. The highest BCUT2D eigenvalue weighted by Gasteiger charge is 2.11. The van der Waals surface area contributed by atoms with Gasteiger partial charge in [-0.2, -0.15) is 0 Å². The average Bonchev–Trinajstić information content (AvgIpc) is 2.55. The van der Waals surface area contributed by atoms with Gasteiger partial charge in [0.2, 0.25) is 0 Å². The second-order valence-electron chi connectivity index (χ2n) is 5.25. The zero-order chi connectivity index (χ0) is 15.8. The molecular formula is C17H22N2O3. The van der Waals surface area contributed by atoms with Crippen LogP contribution in [0.2, 0.25) is 0 Å². The molecular weight excluding hydrogens is 280 g/mol. The van der Waals surface area contributed by atoms with Crippen LogP contribution in [0.4, 0.5) is 11.4 Å². The number of nitrogens with one attached hydrogen (secondary N) is 1. The maximum Gasteiger partial charge on any atom is 0.330 e. The lowest BCUT2D eigenvalue weighted by Gasteiger charge is -2.28. The van der Waals surface area contributed by atoms with E-state index in [2.05, 4.69) is 10.2 Å². The fraction of sp³-hybridized carbons (Fsp3) is 0.412. The van der Waals surface area contributed by atoms with Crippen molar-refractivity contribution in [1.82, 2.24) is 0 Å². The van der Waals surface area contributed by atoms with Crippen LogP contribution in [-0.4, -0.2) is 31.6 Å². The number of hydrogen-bond acceptors (Lipinski definition) is 4. The Bertz CT molecular complexity index is 531. The summed E-state index contributed by atoms with van der Waals surface area (Å²) in [5.41, 5.74) is 1.88. The van der Waals surface area contributed by atoms with Gasteiger partial charge in [0.1, 0.15) is 0 Å². The minimum Gasteiger partial charge on any atom is -0.452 e. The molecule has 0 atom stereocenters. The van der Waals surface area contributed by atoms with Gasteiger partial charge in [0.05, 0.1) is 0 Å². The Morgan fingerprint density at radius 2 is 1.86 bits per heavy atom. The van der Waals surface area contributed by atoms with Gasteiger partial charge in [0.25, 0.3) is 5.91 Å². The molecule has 1 N–H and O–H groups in total. The topological polar surface area (TPSA) is 58.6 Å². The largest absolute Gasteiger partial charge is 0.452 e. The van der Waals surface area contributed by atoms with E-state index < -0.39 is 5.97 Å². The fourth-order valence-corrected chi connectivity index (χ4v) is 2.43.